The summed E-state index contributed by atoms with van der Waals surface area (Å²) in [5.41, 5.74) is 1.15. The number of benzene rings is 1. The Hall–Kier alpha value is -2.74. The van der Waals surface area contributed by atoms with Crippen molar-refractivity contribution in [2.45, 2.75) is 51.0 Å². The lowest BCUT2D eigenvalue weighted by Gasteiger charge is -2.33. The molecule has 0 bridgehead atoms. The Kier molecular flexibility index (Phi) is 6.36. The van der Waals surface area contributed by atoms with Crippen molar-refractivity contribution in [3.05, 3.63) is 29.3 Å². The molecule has 0 spiro atoms. The number of imide groups is 1. The summed E-state index contributed by atoms with van der Waals surface area (Å²) >= 11 is 0. The van der Waals surface area contributed by atoms with E-state index in [4.69, 9.17) is 0 Å². The fraction of sp³-hybridized carbons (Fsp3) is 0.565. The Morgan fingerprint density at radius 2 is 1.74 bits per heavy atom. The van der Waals surface area contributed by atoms with Crippen molar-refractivity contribution in [1.29, 1.82) is 0 Å². The molecule has 2 fully saturated rings. The van der Waals surface area contributed by atoms with Crippen molar-refractivity contribution in [3.8, 4) is 0 Å². The van der Waals surface area contributed by atoms with E-state index in [0.717, 1.165) is 37.1 Å². The maximum Gasteiger partial charge on any atom is 0.261 e. The number of likely N-dealkylation sites (tertiary alicyclic amines) is 1. The largest absolute Gasteiger partial charge is 0.353 e. The summed E-state index contributed by atoms with van der Waals surface area (Å²) in [6.45, 7) is 1.55. The minimum absolute atomic E-state index is 0.0809. The number of anilines is 1. The van der Waals surface area contributed by atoms with Crippen LogP contribution in [0.15, 0.2) is 18.2 Å². The molecule has 4 rings (SSSR count). The van der Waals surface area contributed by atoms with Gasteiger partial charge in [0.15, 0.2) is 0 Å². The van der Waals surface area contributed by atoms with Crippen LogP contribution in [0.1, 0.15) is 65.7 Å². The third-order valence-electron chi connectivity index (χ3n) is 6.57. The molecule has 1 atom stereocenters. The average Bonchev–Trinajstić information content (AvgIpc) is 2.98. The van der Waals surface area contributed by atoms with Gasteiger partial charge in [0.25, 0.3) is 11.8 Å². The number of piperidine rings is 1. The number of hydrogen-bond donors (Lipinski definition) is 2. The molecular weight excluding hydrogens is 396 g/mol. The van der Waals surface area contributed by atoms with Gasteiger partial charge in [0, 0.05) is 25.3 Å². The first-order valence-electron chi connectivity index (χ1n) is 11.2. The van der Waals surface area contributed by atoms with Gasteiger partial charge in [-0.05, 0) is 50.4 Å². The highest BCUT2D eigenvalue weighted by Gasteiger charge is 2.33. The van der Waals surface area contributed by atoms with Crippen molar-refractivity contribution in [2.24, 2.45) is 5.92 Å². The van der Waals surface area contributed by atoms with E-state index >= 15 is 0 Å². The van der Waals surface area contributed by atoms with Crippen LogP contribution < -0.4 is 10.6 Å². The van der Waals surface area contributed by atoms with Crippen LogP contribution in [0.4, 0.5) is 5.69 Å². The van der Waals surface area contributed by atoms with Gasteiger partial charge in [0.05, 0.1) is 23.6 Å². The first-order valence-corrected chi connectivity index (χ1v) is 11.2. The molecule has 1 aromatic carbocycles. The molecule has 2 aliphatic heterocycles. The number of rotatable bonds is 5. The second-order valence-electron chi connectivity index (χ2n) is 8.90. The first kappa shape index (κ1) is 21.5. The molecule has 31 heavy (non-hydrogen) atoms. The lowest BCUT2D eigenvalue weighted by atomic mass is 9.93. The Morgan fingerprint density at radius 3 is 2.52 bits per heavy atom. The lowest BCUT2D eigenvalue weighted by Crippen LogP contribution is -2.47. The molecule has 8 heteroatoms. The Labute approximate surface area is 182 Å². The van der Waals surface area contributed by atoms with Gasteiger partial charge in [-0.3, -0.25) is 29.0 Å². The Balaban J connectivity index is 1.30. The molecule has 1 aliphatic carbocycles. The summed E-state index contributed by atoms with van der Waals surface area (Å²) in [5, 5.41) is 6.02. The van der Waals surface area contributed by atoms with Crippen LogP contribution in [-0.2, 0) is 9.59 Å². The van der Waals surface area contributed by atoms with E-state index < -0.39 is 0 Å². The van der Waals surface area contributed by atoms with Gasteiger partial charge in [-0.1, -0.05) is 19.3 Å². The van der Waals surface area contributed by atoms with E-state index in [-0.39, 0.29) is 36.1 Å². The zero-order valence-electron chi connectivity index (χ0n) is 18.0. The van der Waals surface area contributed by atoms with Crippen molar-refractivity contribution in [1.82, 2.24) is 15.1 Å². The minimum atomic E-state index is -0.362. The smallest absolute Gasteiger partial charge is 0.261 e. The zero-order chi connectivity index (χ0) is 22.0. The molecule has 2 N–H and O–H groups in total. The van der Waals surface area contributed by atoms with E-state index in [9.17, 15) is 19.2 Å². The van der Waals surface area contributed by atoms with E-state index in [1.54, 1.807) is 18.2 Å². The van der Waals surface area contributed by atoms with Gasteiger partial charge in [-0.2, -0.15) is 0 Å². The normalized spacial score (nSPS) is 22.4. The quantitative estimate of drug-likeness (QED) is 0.702. The van der Waals surface area contributed by atoms with E-state index in [2.05, 4.69) is 10.6 Å². The summed E-state index contributed by atoms with van der Waals surface area (Å²) < 4.78 is 0. The molecule has 166 valence electrons. The molecule has 1 saturated heterocycles. The number of carbonyl (C=O) groups excluding carboxylic acids is 4. The summed E-state index contributed by atoms with van der Waals surface area (Å²) in [4.78, 5) is 52.5. The Bertz CT molecular complexity index is 894. The number of nitrogens with zero attached hydrogens (tertiary/aromatic N) is 2. The van der Waals surface area contributed by atoms with Crippen LogP contribution in [-0.4, -0.2) is 66.2 Å². The minimum Gasteiger partial charge on any atom is -0.353 e. The molecule has 1 aromatic rings. The number of nitrogens with one attached hydrogen (secondary N) is 2. The Morgan fingerprint density at radius 1 is 1.00 bits per heavy atom. The van der Waals surface area contributed by atoms with E-state index in [1.165, 1.54) is 26.3 Å². The SMILES string of the molecule is CN1C(=O)c2ccc(NC(=O)CN3CCCC(C(=O)NC4CCCCC4)C3)cc2C1=O. The maximum atomic E-state index is 12.7. The highest BCUT2D eigenvalue weighted by molar-refractivity contribution is 6.21. The van der Waals surface area contributed by atoms with Crippen molar-refractivity contribution in [3.63, 3.8) is 0 Å². The molecule has 1 saturated carbocycles. The van der Waals surface area contributed by atoms with Crippen LogP contribution in [0.25, 0.3) is 0 Å². The van der Waals surface area contributed by atoms with E-state index in [1.807, 2.05) is 4.90 Å². The topological polar surface area (TPSA) is 98.8 Å². The molecular formula is C23H30N4O4. The first-order chi connectivity index (χ1) is 14.9. The summed E-state index contributed by atoms with van der Waals surface area (Å²) in [5.74, 6) is -0.855. The fourth-order valence-corrected chi connectivity index (χ4v) is 4.82. The average molecular weight is 427 g/mol. The molecule has 1 unspecified atom stereocenters. The van der Waals surface area contributed by atoms with Crippen LogP contribution in [0.2, 0.25) is 0 Å². The van der Waals surface area contributed by atoms with Crippen LogP contribution in [0, 0.1) is 5.92 Å². The standard InChI is InChI=1S/C23H30N4O4/c1-26-22(30)18-10-9-17(12-19(18)23(26)31)24-20(28)14-27-11-5-6-15(13-27)21(29)25-16-7-3-2-4-8-16/h9-10,12,15-16H,2-8,11,13-14H2,1H3,(H,24,28)(H,25,29). The summed E-state index contributed by atoms with van der Waals surface area (Å²) in [7, 11) is 1.44. The summed E-state index contributed by atoms with van der Waals surface area (Å²) in [6.07, 6.45) is 7.48. The highest BCUT2D eigenvalue weighted by Crippen LogP contribution is 2.25. The van der Waals surface area contributed by atoms with Gasteiger partial charge < -0.3 is 10.6 Å². The summed E-state index contributed by atoms with van der Waals surface area (Å²) in [6, 6.07) is 5.06. The van der Waals surface area contributed by atoms with E-state index in [0.29, 0.717) is 29.4 Å². The number of amides is 4. The van der Waals surface area contributed by atoms with Crippen LogP contribution >= 0.6 is 0 Å². The third-order valence-corrected chi connectivity index (χ3v) is 6.57. The molecule has 8 nitrogen and oxygen atoms in total. The predicted octanol–water partition coefficient (Wildman–Crippen LogP) is 2.01. The molecule has 0 radical (unpaired) electrons. The molecule has 4 amide bonds. The monoisotopic (exact) mass is 426 g/mol. The predicted molar refractivity (Wildman–Crippen MR) is 116 cm³/mol. The third kappa shape index (κ3) is 4.79. The molecule has 0 aromatic heterocycles. The molecule has 3 aliphatic rings. The van der Waals surface area contributed by atoms with Gasteiger partial charge in [0.1, 0.15) is 0 Å². The highest BCUT2D eigenvalue weighted by atomic mass is 16.2. The van der Waals surface area contributed by atoms with Crippen LogP contribution in [0.5, 0.6) is 0 Å². The van der Waals surface area contributed by atoms with Gasteiger partial charge in [-0.15, -0.1) is 0 Å². The van der Waals surface area contributed by atoms with Gasteiger partial charge in [0.2, 0.25) is 11.8 Å². The zero-order valence-corrected chi connectivity index (χ0v) is 18.0. The van der Waals surface area contributed by atoms with Gasteiger partial charge >= 0.3 is 0 Å². The van der Waals surface area contributed by atoms with Crippen molar-refractivity contribution >= 4 is 29.3 Å². The number of fused-ring (bicyclic) bond motifs is 1. The van der Waals surface area contributed by atoms with Crippen LogP contribution in [0.3, 0.4) is 0 Å². The molecule has 2 heterocycles. The number of hydrogen-bond acceptors (Lipinski definition) is 5. The second-order valence-corrected chi connectivity index (χ2v) is 8.90. The second kappa shape index (κ2) is 9.18. The van der Waals surface area contributed by atoms with Gasteiger partial charge in [-0.25, -0.2) is 0 Å². The lowest BCUT2D eigenvalue weighted by molar-refractivity contribution is -0.128. The van der Waals surface area contributed by atoms with Crippen molar-refractivity contribution in [2.75, 3.05) is 32.0 Å². The fourth-order valence-electron chi connectivity index (χ4n) is 4.82. The van der Waals surface area contributed by atoms with Crippen molar-refractivity contribution < 1.29 is 19.2 Å². The number of carbonyl (C=O) groups is 4. The maximum absolute atomic E-state index is 12.7.